The lowest BCUT2D eigenvalue weighted by Crippen LogP contribution is -2.20. The van der Waals surface area contributed by atoms with Crippen LogP contribution in [0, 0.1) is 19.7 Å². The van der Waals surface area contributed by atoms with E-state index in [9.17, 15) is 0 Å². The second-order valence-electron chi connectivity index (χ2n) is 12.2. The van der Waals surface area contributed by atoms with E-state index in [4.69, 9.17) is 7.85 Å². The van der Waals surface area contributed by atoms with E-state index in [1.807, 2.05) is 36.4 Å². The molecule has 0 bridgehead atoms. The fourth-order valence-corrected chi connectivity index (χ4v) is 7.39. The first-order valence-electron chi connectivity index (χ1n) is 15.7. The van der Waals surface area contributed by atoms with E-state index >= 15 is 4.39 Å². The highest BCUT2D eigenvalue weighted by Crippen LogP contribution is 2.47. The summed E-state index contributed by atoms with van der Waals surface area (Å²) in [5.74, 6) is -0.475. The zero-order valence-electron chi connectivity index (χ0n) is 25.8. The summed E-state index contributed by atoms with van der Waals surface area (Å²) in [6, 6.07) is 49.5. The van der Waals surface area contributed by atoms with E-state index in [2.05, 4.69) is 116 Å². The molecule has 46 heavy (non-hydrogen) atoms. The predicted octanol–water partition coefficient (Wildman–Crippen LogP) is 10.8. The molecule has 0 fully saturated rings. The highest BCUT2D eigenvalue weighted by atomic mass is 19.1. The van der Waals surface area contributed by atoms with Crippen LogP contribution in [0.5, 0.6) is 0 Å². The number of aryl methyl sites for hydroxylation is 2. The van der Waals surface area contributed by atoms with E-state index in [0.717, 1.165) is 66.2 Å². The van der Waals surface area contributed by atoms with Crippen molar-refractivity contribution in [3.05, 3.63) is 179 Å². The van der Waals surface area contributed by atoms with Crippen molar-refractivity contribution in [1.82, 2.24) is 0 Å². The van der Waals surface area contributed by atoms with Crippen molar-refractivity contribution in [2.45, 2.75) is 19.8 Å². The van der Waals surface area contributed by atoms with Crippen molar-refractivity contribution in [1.29, 1.82) is 0 Å². The maximum atomic E-state index is 15.7. The molecule has 0 aliphatic carbocycles. The molecule has 0 amide bonds. The molecule has 0 N–H and O–H groups in total. The van der Waals surface area contributed by atoms with Gasteiger partial charge in [-0.05, 0) is 92.9 Å². The van der Waals surface area contributed by atoms with Gasteiger partial charge in [0.25, 0.3) is 0 Å². The Labute approximate surface area is 270 Å². The normalized spacial score (nSPS) is 12.2. The van der Waals surface area contributed by atoms with Crippen LogP contribution in [0.1, 0.15) is 33.7 Å². The third-order valence-electron chi connectivity index (χ3n) is 9.38. The Morgan fingerprint density at radius 2 is 1.20 bits per heavy atom. The fourth-order valence-electron chi connectivity index (χ4n) is 7.39. The summed E-state index contributed by atoms with van der Waals surface area (Å²) in [5, 5.41) is 6.79. The quantitative estimate of drug-likeness (QED) is 0.106. The number of halogens is 1. The maximum Gasteiger partial charge on any atom is 0.127 e. The summed E-state index contributed by atoms with van der Waals surface area (Å²) >= 11 is 0. The van der Waals surface area contributed by atoms with Crippen LogP contribution in [0.15, 0.2) is 146 Å². The van der Waals surface area contributed by atoms with E-state index in [1.54, 1.807) is 12.1 Å². The second-order valence-corrected chi connectivity index (χ2v) is 12.2. The molecule has 8 rings (SSSR count). The van der Waals surface area contributed by atoms with Gasteiger partial charge in [0, 0.05) is 28.4 Å². The first kappa shape index (κ1) is 28.1. The summed E-state index contributed by atoms with van der Waals surface area (Å²) in [5.41, 5.74) is 8.93. The lowest BCUT2D eigenvalue weighted by Gasteiger charge is -2.31. The number of rotatable bonds is 6. The minimum atomic E-state index is -0.274. The summed E-state index contributed by atoms with van der Waals surface area (Å²) in [6.45, 7) is 4.29. The van der Waals surface area contributed by atoms with Crippen molar-refractivity contribution >= 4 is 62.7 Å². The molecule has 1 atom stereocenters. The molecule has 2 radical (unpaired) electrons. The van der Waals surface area contributed by atoms with Crippen molar-refractivity contribution in [2.24, 2.45) is 0 Å². The number of hydrogen-bond acceptors (Lipinski definition) is 1. The molecule has 1 nitrogen and oxygen atoms in total. The highest BCUT2D eigenvalue weighted by molar-refractivity contribution is 6.42. The van der Waals surface area contributed by atoms with Gasteiger partial charge in [-0.3, -0.25) is 0 Å². The third kappa shape index (κ3) is 4.46. The monoisotopic (exact) mass is 591 g/mol. The minimum absolute atomic E-state index is 0.201. The Kier molecular flexibility index (Phi) is 6.84. The molecular formula is C43H31BFN. The molecule has 0 saturated heterocycles. The SMILES string of the molecule is [B]c1cc2ccc3c(C(c4ccccc4)c4ccccc4F)c(C)cc4ccc(c1N(c1ccccc1)c1ccccc1C)c2c43. The molecule has 3 heteroatoms. The lowest BCUT2D eigenvalue weighted by atomic mass is 9.78. The molecule has 0 spiro atoms. The van der Waals surface area contributed by atoms with Gasteiger partial charge in [0.05, 0.1) is 0 Å². The maximum absolute atomic E-state index is 15.7. The molecule has 0 saturated carbocycles. The largest absolute Gasteiger partial charge is 0.310 e. The molecule has 0 aliphatic heterocycles. The average molecular weight is 592 g/mol. The minimum Gasteiger partial charge on any atom is -0.310 e. The zero-order chi connectivity index (χ0) is 31.4. The molecule has 0 aromatic heterocycles. The standard InChI is InChI=1S/C43H31BFN/c1-27-13-9-12-20-38(27)46(32-16-7-4-8-17-32)43-35-24-22-30-25-28(2)39(34-23-21-31(26-36(43)44)42(35)41(30)34)40(29-14-5-3-6-15-29)33-18-10-11-19-37(33)45/h3-26,40H,1-2H3. The zero-order valence-corrected chi connectivity index (χ0v) is 25.8. The van der Waals surface area contributed by atoms with Gasteiger partial charge in [0.15, 0.2) is 0 Å². The second kappa shape index (κ2) is 11.2. The van der Waals surface area contributed by atoms with Gasteiger partial charge < -0.3 is 4.90 Å². The molecule has 8 aromatic rings. The molecule has 1 unspecified atom stereocenters. The van der Waals surface area contributed by atoms with E-state index < -0.39 is 0 Å². The van der Waals surface area contributed by atoms with Crippen LogP contribution in [0.3, 0.4) is 0 Å². The van der Waals surface area contributed by atoms with Gasteiger partial charge in [-0.2, -0.15) is 0 Å². The van der Waals surface area contributed by atoms with E-state index in [-0.39, 0.29) is 11.7 Å². The molecular weight excluding hydrogens is 560 g/mol. The number of hydrogen-bond donors (Lipinski definition) is 0. The van der Waals surface area contributed by atoms with E-state index in [1.165, 1.54) is 5.39 Å². The first-order chi connectivity index (χ1) is 22.5. The Morgan fingerprint density at radius 1 is 0.587 bits per heavy atom. The summed E-state index contributed by atoms with van der Waals surface area (Å²) in [4.78, 5) is 2.29. The smallest absolute Gasteiger partial charge is 0.127 e. The summed E-state index contributed by atoms with van der Waals surface area (Å²) < 4.78 is 15.7. The highest BCUT2D eigenvalue weighted by Gasteiger charge is 2.27. The van der Waals surface area contributed by atoms with Gasteiger partial charge >= 0.3 is 0 Å². The number of anilines is 3. The Morgan fingerprint density at radius 3 is 1.93 bits per heavy atom. The lowest BCUT2D eigenvalue weighted by molar-refractivity contribution is 0.607. The number of nitrogens with zero attached hydrogens (tertiary/aromatic N) is 1. The van der Waals surface area contributed by atoms with Crippen LogP contribution in [-0.4, -0.2) is 7.85 Å². The molecule has 8 aromatic carbocycles. The van der Waals surface area contributed by atoms with Gasteiger partial charge in [-0.1, -0.05) is 127 Å². The van der Waals surface area contributed by atoms with Crippen LogP contribution < -0.4 is 10.4 Å². The van der Waals surface area contributed by atoms with Gasteiger partial charge in [0.1, 0.15) is 13.7 Å². The topological polar surface area (TPSA) is 3.24 Å². The van der Waals surface area contributed by atoms with Gasteiger partial charge in [0.2, 0.25) is 0 Å². The van der Waals surface area contributed by atoms with Crippen molar-refractivity contribution in [3.8, 4) is 0 Å². The van der Waals surface area contributed by atoms with Crippen molar-refractivity contribution < 1.29 is 4.39 Å². The van der Waals surface area contributed by atoms with Gasteiger partial charge in [-0.15, -0.1) is 0 Å². The van der Waals surface area contributed by atoms with Crippen molar-refractivity contribution in [3.63, 3.8) is 0 Å². The van der Waals surface area contributed by atoms with Crippen LogP contribution in [-0.2, 0) is 0 Å². The summed E-state index contributed by atoms with van der Waals surface area (Å²) in [7, 11) is 7.01. The molecule has 0 heterocycles. The van der Waals surface area contributed by atoms with Crippen molar-refractivity contribution in [2.75, 3.05) is 4.90 Å². The molecule has 218 valence electrons. The molecule has 0 aliphatic rings. The summed E-state index contributed by atoms with van der Waals surface area (Å²) in [6.07, 6.45) is 0. The average Bonchev–Trinajstić information content (AvgIpc) is 3.08. The predicted molar refractivity (Wildman–Crippen MR) is 193 cm³/mol. The Hall–Kier alpha value is -5.41. The van der Waals surface area contributed by atoms with Crippen LogP contribution in [0.4, 0.5) is 21.5 Å². The third-order valence-corrected chi connectivity index (χ3v) is 9.38. The van der Waals surface area contributed by atoms with Crippen LogP contribution >= 0.6 is 0 Å². The fraction of sp³-hybridized carbons (Fsp3) is 0.0698. The number of benzene rings is 8. The number of para-hydroxylation sites is 2. The first-order valence-corrected chi connectivity index (χ1v) is 15.7. The Bertz CT molecular complexity index is 2200. The van der Waals surface area contributed by atoms with Crippen LogP contribution in [0.25, 0.3) is 32.3 Å². The van der Waals surface area contributed by atoms with Gasteiger partial charge in [-0.25, -0.2) is 4.39 Å². The Balaban J connectivity index is 1.48. The van der Waals surface area contributed by atoms with E-state index in [0.29, 0.717) is 11.0 Å². The van der Waals surface area contributed by atoms with Crippen LogP contribution in [0.2, 0.25) is 0 Å².